The molecule has 1 aromatic carbocycles. The van der Waals surface area contributed by atoms with Gasteiger partial charge >= 0.3 is 174 Å². The number of halogens is 7. The largest absolute Gasteiger partial charge is 1.00 e. The fourth-order valence-corrected chi connectivity index (χ4v) is 13.1. The monoisotopic (exact) mass is 2200 g/mol. The third kappa shape index (κ3) is 54.4. The van der Waals surface area contributed by atoms with Gasteiger partial charge in [-0.25, -0.2) is 74.4 Å². The van der Waals surface area contributed by atoms with Crippen LogP contribution in [0.4, 0.5) is 71.5 Å². The molecule has 0 fully saturated rings. The summed E-state index contributed by atoms with van der Waals surface area (Å²) < 4.78 is 18.9. The number of thiocarbonyl (C=S) groups is 1. The topological polar surface area (TPSA) is 419 Å². The van der Waals surface area contributed by atoms with Crippen LogP contribution in [0.2, 0.25) is 4.34 Å². The van der Waals surface area contributed by atoms with Crippen molar-refractivity contribution in [3.8, 4) is 10.4 Å². The van der Waals surface area contributed by atoms with Crippen LogP contribution in [0.5, 0.6) is 0 Å². The number of pyridine rings is 7. The maximum Gasteiger partial charge on any atom is 1.00 e. The number of ether oxygens (including phenoxy) is 1. The fraction of sp³-hybridized carbons (Fsp3) is 0.0986. The van der Waals surface area contributed by atoms with Gasteiger partial charge in [0.25, 0.3) is 0 Å². The molecule has 610 valence electrons. The van der Waals surface area contributed by atoms with Crippen molar-refractivity contribution in [3.05, 3.63) is 259 Å². The molecule has 1 unspecified atom stereocenters. The Morgan fingerprint density at radius 1 is 0.513 bits per heavy atom. The molecule has 30 nitrogen and oxygen atoms in total. The Hall–Kier alpha value is -4.11. The molecule has 13 aromatic heterocycles. The van der Waals surface area contributed by atoms with Crippen LogP contribution in [0, 0.1) is 6.92 Å². The van der Waals surface area contributed by atoms with Gasteiger partial charge in [-0.05, 0) is 168 Å². The molecule has 0 aliphatic rings. The number of esters is 2. The van der Waals surface area contributed by atoms with Crippen LogP contribution in [0.1, 0.15) is 41.2 Å². The Morgan fingerprint density at radius 2 is 0.866 bits per heavy atom. The number of aromatic nitrogens is 13. The van der Waals surface area contributed by atoms with Gasteiger partial charge in [-0.1, -0.05) is 150 Å². The number of nitrogens with zero attached hydrogens (tertiary/aromatic N) is 14. The summed E-state index contributed by atoms with van der Waals surface area (Å²) in [4.78, 5) is 105. The zero-order valence-corrected chi connectivity index (χ0v) is 87.7. The van der Waals surface area contributed by atoms with Gasteiger partial charge in [0, 0.05) is 110 Å². The Labute approximate surface area is 896 Å². The van der Waals surface area contributed by atoms with Crippen LogP contribution in [0.25, 0.3) is 10.4 Å². The van der Waals surface area contributed by atoms with Crippen molar-refractivity contribution >= 4 is 288 Å². The molecule has 8 N–H and O–H groups in total. The minimum absolute atomic E-state index is 0. The smallest absolute Gasteiger partial charge is 0.674 e. The number of amides is 1. The molecule has 0 radical (unpaired) electrons. The number of carbonyl (C=O) groups excluding carboxylic acids is 4. The van der Waals surface area contributed by atoms with E-state index in [2.05, 4.69) is 213 Å². The van der Waals surface area contributed by atoms with Crippen LogP contribution < -0.4 is 207 Å². The quantitative estimate of drug-likeness (QED) is 0.00544. The van der Waals surface area contributed by atoms with E-state index in [1.807, 2.05) is 133 Å². The number of alkyl halides is 1. The van der Waals surface area contributed by atoms with Crippen molar-refractivity contribution in [1.82, 2.24) is 64.8 Å². The maximum absolute atomic E-state index is 11.6. The van der Waals surface area contributed by atoms with Crippen molar-refractivity contribution in [2.45, 2.75) is 42.5 Å². The molecule has 0 saturated heterocycles. The number of hydrogen-bond acceptors (Lipinski definition) is 34. The number of benzene rings is 1. The second-order valence-corrected chi connectivity index (χ2v) is 31.8. The second-order valence-electron chi connectivity index (χ2n) is 19.7. The van der Waals surface area contributed by atoms with E-state index in [-0.39, 0.29) is 186 Å². The molecule has 1 amide bonds. The van der Waals surface area contributed by atoms with E-state index in [0.717, 1.165) is 71.0 Å². The number of aryl methyl sites for hydroxylation is 1. The maximum atomic E-state index is 11.6. The van der Waals surface area contributed by atoms with Gasteiger partial charge in [0.1, 0.15) is 51.3 Å². The SMILES string of the molecule is BrBr.Brc1cnc(Nc2ccccn2)s1.Brc1cnc(Nc2ccccn2)s1.C.C.CC(=O)N(c1ccccn1)c1ncc(Br)s1.CC(=O)OC(C)=O.Cc1ccccc1-c1cnc(Nc2ccccn2)s1.Clc1cnc(Nc2ccccn2)s1.NC(=S)Nc1ccccn1.O=CCCl.O=[P+]([O-])O[O-].[K+].[K+].[K+].c1ccc(Nc2nccs2)nc1. The zero-order chi connectivity index (χ0) is 83.1. The first-order valence-electron chi connectivity index (χ1n) is 31.3. The number of carbonyl (C=O) groups is 4. The normalized spacial score (nSPS) is 9.17. The van der Waals surface area contributed by atoms with E-state index in [0.29, 0.717) is 27.4 Å². The number of aldehydes is 1. The summed E-state index contributed by atoms with van der Waals surface area (Å²) in [7, 11) is -3.15. The molecule has 13 heterocycles. The molecular formula is C71H70Br5Cl2K3N21O9PS7+2. The van der Waals surface area contributed by atoms with Gasteiger partial charge in [0.2, 0.25) is 5.91 Å². The number of hydrogen-bond donors (Lipinski definition) is 7. The predicted molar refractivity (Wildman–Crippen MR) is 490 cm³/mol. The van der Waals surface area contributed by atoms with Gasteiger partial charge < -0.3 is 57.3 Å². The summed E-state index contributed by atoms with van der Waals surface area (Å²) in [5, 5.41) is 33.7. The summed E-state index contributed by atoms with van der Waals surface area (Å²) in [6.07, 6.45) is 23.1. The van der Waals surface area contributed by atoms with Crippen LogP contribution in [0.15, 0.2) is 249 Å². The average molecular weight is 2200 g/mol. The van der Waals surface area contributed by atoms with Crippen LogP contribution in [0.3, 0.4) is 0 Å². The van der Waals surface area contributed by atoms with Gasteiger partial charge in [-0.2, -0.15) is 0 Å². The third-order valence-corrected chi connectivity index (χ3v) is 18.7. The van der Waals surface area contributed by atoms with Gasteiger partial charge in [-0.3, -0.25) is 14.4 Å². The fourth-order valence-electron chi connectivity index (χ4n) is 7.25. The Morgan fingerprint density at radius 3 is 1.16 bits per heavy atom. The predicted octanol–water partition coefficient (Wildman–Crippen LogP) is 12.1. The molecule has 0 aliphatic carbocycles. The van der Waals surface area contributed by atoms with Crippen molar-refractivity contribution in [2.75, 3.05) is 42.7 Å². The first-order chi connectivity index (χ1) is 55.1. The molecule has 0 spiro atoms. The first-order valence-corrected chi connectivity index (χ1v) is 44.8. The molecule has 119 heavy (non-hydrogen) atoms. The molecule has 1 atom stereocenters. The van der Waals surface area contributed by atoms with E-state index in [1.54, 1.807) is 115 Å². The number of nitrogens with one attached hydrogen (secondary N) is 6. The zero-order valence-electron chi connectivity index (χ0n) is 62.3. The minimum Gasteiger partial charge on any atom is -0.674 e. The van der Waals surface area contributed by atoms with Crippen LogP contribution in [-0.2, 0) is 33.2 Å². The summed E-state index contributed by atoms with van der Waals surface area (Å²) >= 11 is 39.7. The molecular weight excluding hydrogens is 2130 g/mol. The van der Waals surface area contributed by atoms with Gasteiger partial charge in [0.15, 0.2) is 35.9 Å². The van der Waals surface area contributed by atoms with Gasteiger partial charge in [-0.15, -0.1) is 22.9 Å². The van der Waals surface area contributed by atoms with E-state index in [1.165, 1.54) is 82.1 Å². The van der Waals surface area contributed by atoms with Crippen LogP contribution in [-0.4, -0.2) is 99.9 Å². The number of rotatable bonds is 16. The minimum atomic E-state index is -3.15. The second kappa shape index (κ2) is 72.1. The first kappa shape index (κ1) is 117. The van der Waals surface area contributed by atoms with Crippen molar-refractivity contribution in [1.29, 1.82) is 0 Å². The van der Waals surface area contributed by atoms with Crippen molar-refractivity contribution in [2.24, 2.45) is 5.73 Å². The third-order valence-electron chi connectivity index (χ3n) is 11.5. The molecule has 14 aromatic rings. The van der Waals surface area contributed by atoms with E-state index >= 15 is 0 Å². The Bertz CT molecular complexity index is 4820. The molecule has 0 bridgehead atoms. The van der Waals surface area contributed by atoms with Crippen molar-refractivity contribution in [3.63, 3.8) is 0 Å². The Kier molecular flexibility index (Phi) is 70.8. The van der Waals surface area contributed by atoms with E-state index in [9.17, 15) is 14.4 Å². The standard InChI is InChI=1S/C15H13N3S.C10H8BrN3OS.2C8H6BrN3S.C8H6ClN3S.C8H7N3S.C6H7N3S.C4H6O3.C2H3ClO.2CH4.Br2.3K.HO4P/c1-11-6-2-3-7-12(11)13-10-17-15(19-13)18-14-8-4-5-9-16-14;1-7(15)14(9-4-2-3-5-12-9)10-13-6-8(11)16-10;3*9-6-5-11-8(13-6)12-7-3-1-2-4-10-7;1-2-4-9-7(3-1)11-8-10-5-6-12-8;7-6(10)9-5-3-1-2-4-8-5;1-3(5)7-4(2)6;3-1-2-4;;;1-2;;;;1-4-5(2)3/h2-10H,1H3,(H,16,17,18);2-6H,1H3;3*1-5H,(H,10,11,12);1-6H,(H,9,10,11);1-4H,(H3,7,8,9,10);1-2H3;2H,1H2;2*1H4;;;;;1H/q;;;;;;;;;;;;3*+1;/p-1. The van der Waals surface area contributed by atoms with Crippen LogP contribution >= 0.6 is 188 Å². The number of nitrogens with two attached hydrogens (primary N) is 1. The Balaban J connectivity index is 0. The number of anilines is 13. The average Bonchev–Trinajstić information content (AvgIpc) is 1.74. The summed E-state index contributed by atoms with van der Waals surface area (Å²) in [5.41, 5.74) is 7.70. The number of thiazole rings is 6. The van der Waals surface area contributed by atoms with Gasteiger partial charge in [0.05, 0.1) is 46.9 Å². The summed E-state index contributed by atoms with van der Waals surface area (Å²) in [5.74, 6) is 4.16. The van der Waals surface area contributed by atoms with Crippen molar-refractivity contribution < 1.29 is 197 Å². The molecule has 48 heteroatoms. The molecule has 0 saturated carbocycles. The van der Waals surface area contributed by atoms with E-state index < -0.39 is 20.2 Å². The summed E-state index contributed by atoms with van der Waals surface area (Å²) in [6.45, 7) is 5.97. The molecule has 0 aliphatic heterocycles. The summed E-state index contributed by atoms with van der Waals surface area (Å²) in [6, 6.07) is 47.7. The molecule has 14 rings (SSSR count). The van der Waals surface area contributed by atoms with E-state index in [4.69, 9.17) is 48.4 Å².